The topological polar surface area (TPSA) is 38.7 Å². The number of nitrogens with one attached hydrogen (secondary N) is 1. The molecule has 3 rings (SSSR count). The molecule has 4 nitrogen and oxygen atoms in total. The van der Waals surface area contributed by atoms with Crippen LogP contribution in [0.4, 0.5) is 11.4 Å². The summed E-state index contributed by atoms with van der Waals surface area (Å²) in [5.41, 5.74) is 4.84. The van der Waals surface area contributed by atoms with Gasteiger partial charge in [-0.15, -0.1) is 0 Å². The monoisotopic (exact) mass is 367 g/mol. The summed E-state index contributed by atoms with van der Waals surface area (Å²) in [6, 6.07) is 17.6. The summed E-state index contributed by atoms with van der Waals surface area (Å²) in [7, 11) is 8.20. The van der Waals surface area contributed by atoms with Gasteiger partial charge in [-0.05, 0) is 35.4 Å². The van der Waals surface area contributed by atoms with Crippen LogP contribution in [0.1, 0.15) is 37.1 Å². The number of nitrogens with zero attached hydrogens (tertiary/aromatic N) is 2. The van der Waals surface area contributed by atoms with Crippen LogP contribution in [0.3, 0.4) is 0 Å². The lowest BCUT2D eigenvalue weighted by Gasteiger charge is -2.44. The van der Waals surface area contributed by atoms with Gasteiger partial charge in [0.15, 0.2) is 0 Å². The summed E-state index contributed by atoms with van der Waals surface area (Å²) in [5.74, 6) is 0.310. The smallest absolute Gasteiger partial charge is 0.0627 e. The zero-order valence-corrected chi connectivity index (χ0v) is 17.3. The molecule has 0 radical (unpaired) electrons. The zero-order chi connectivity index (χ0) is 19.7. The van der Waals surface area contributed by atoms with Crippen LogP contribution in [0.25, 0.3) is 0 Å². The van der Waals surface area contributed by atoms with E-state index in [-0.39, 0.29) is 30.0 Å². The molecule has 2 aromatic carbocycles. The third kappa shape index (κ3) is 3.97. The maximum absolute atomic E-state index is 10.9. The highest BCUT2D eigenvalue weighted by Crippen LogP contribution is 2.41. The number of piperidine rings is 1. The van der Waals surface area contributed by atoms with Crippen molar-refractivity contribution < 1.29 is 5.11 Å². The summed E-state index contributed by atoms with van der Waals surface area (Å²) < 4.78 is 0. The minimum atomic E-state index is -0.344. The number of rotatable bonds is 4. The highest BCUT2D eigenvalue weighted by atomic mass is 16.3. The third-order valence-corrected chi connectivity index (χ3v) is 6.03. The summed E-state index contributed by atoms with van der Waals surface area (Å²) in [6.45, 7) is 4.29. The number of hydrogen-bond donors (Lipinski definition) is 2. The molecule has 0 aromatic heterocycles. The van der Waals surface area contributed by atoms with Gasteiger partial charge in [-0.25, -0.2) is 0 Å². The molecule has 1 heterocycles. The number of hydrogen-bond acceptors (Lipinski definition) is 4. The molecule has 5 atom stereocenters. The van der Waals surface area contributed by atoms with E-state index in [4.69, 9.17) is 0 Å². The number of aliphatic hydroxyl groups is 1. The van der Waals surface area contributed by atoms with E-state index in [9.17, 15) is 5.11 Å². The van der Waals surface area contributed by atoms with E-state index in [0.29, 0.717) is 0 Å². The highest BCUT2D eigenvalue weighted by Gasteiger charge is 2.40. The van der Waals surface area contributed by atoms with Crippen molar-refractivity contribution in [1.82, 2.24) is 5.32 Å². The molecule has 2 aromatic rings. The quantitative estimate of drug-likeness (QED) is 0.861. The first-order valence-electron chi connectivity index (χ1n) is 9.78. The molecule has 1 aliphatic heterocycles. The van der Waals surface area contributed by atoms with Gasteiger partial charge >= 0.3 is 0 Å². The predicted octanol–water partition coefficient (Wildman–Crippen LogP) is 3.84. The predicted molar refractivity (Wildman–Crippen MR) is 114 cm³/mol. The Morgan fingerprint density at radius 1 is 0.667 bits per heavy atom. The Balaban J connectivity index is 1.87. The molecule has 1 unspecified atom stereocenters. The van der Waals surface area contributed by atoms with Gasteiger partial charge in [0.25, 0.3) is 0 Å². The molecule has 146 valence electrons. The minimum Gasteiger partial charge on any atom is -0.392 e. The van der Waals surface area contributed by atoms with Crippen molar-refractivity contribution in [3.8, 4) is 0 Å². The SMILES string of the molecule is C[C@@H]1C(O)[C@@H](C)[C@H](c2ccc(N(C)C)cc2)N[C@@H]1c1ccc(N(C)C)cc1. The second-order valence-electron chi connectivity index (χ2n) is 8.30. The van der Waals surface area contributed by atoms with E-state index in [1.165, 1.54) is 22.5 Å². The van der Waals surface area contributed by atoms with E-state index in [0.717, 1.165) is 0 Å². The van der Waals surface area contributed by atoms with Crippen molar-refractivity contribution in [1.29, 1.82) is 0 Å². The molecule has 2 N–H and O–H groups in total. The summed E-state index contributed by atoms with van der Waals surface area (Å²) in [5, 5.41) is 14.8. The maximum atomic E-state index is 10.9. The molecule has 1 fully saturated rings. The lowest BCUT2D eigenvalue weighted by atomic mass is 9.75. The van der Waals surface area contributed by atoms with Crippen LogP contribution < -0.4 is 15.1 Å². The third-order valence-electron chi connectivity index (χ3n) is 6.03. The Bertz CT molecular complexity index is 676. The minimum absolute atomic E-state index is 0.130. The summed E-state index contributed by atoms with van der Waals surface area (Å²) in [6.07, 6.45) is -0.344. The van der Waals surface area contributed by atoms with Gasteiger partial charge in [0.1, 0.15) is 0 Å². The Morgan fingerprint density at radius 3 is 1.30 bits per heavy atom. The van der Waals surface area contributed by atoms with Crippen LogP contribution in [-0.2, 0) is 0 Å². The second-order valence-corrected chi connectivity index (χ2v) is 8.30. The van der Waals surface area contributed by atoms with Gasteiger partial charge in [0.05, 0.1) is 6.10 Å². The van der Waals surface area contributed by atoms with Crippen molar-refractivity contribution in [3.63, 3.8) is 0 Å². The fourth-order valence-electron chi connectivity index (χ4n) is 4.13. The van der Waals surface area contributed by atoms with E-state index < -0.39 is 0 Å². The Morgan fingerprint density at radius 2 is 1.00 bits per heavy atom. The summed E-state index contributed by atoms with van der Waals surface area (Å²) in [4.78, 5) is 4.21. The van der Waals surface area contributed by atoms with E-state index >= 15 is 0 Å². The fourth-order valence-corrected chi connectivity index (χ4v) is 4.13. The van der Waals surface area contributed by atoms with Crippen LogP contribution >= 0.6 is 0 Å². The number of aliphatic hydroxyl groups excluding tert-OH is 1. The molecule has 4 heteroatoms. The zero-order valence-electron chi connectivity index (χ0n) is 17.3. The van der Waals surface area contributed by atoms with Crippen LogP contribution in [0.5, 0.6) is 0 Å². The van der Waals surface area contributed by atoms with Crippen molar-refractivity contribution >= 4 is 11.4 Å². The molecule has 0 bridgehead atoms. The Hall–Kier alpha value is -2.04. The van der Waals surface area contributed by atoms with Crippen LogP contribution in [0.2, 0.25) is 0 Å². The molecule has 27 heavy (non-hydrogen) atoms. The van der Waals surface area contributed by atoms with Crippen molar-refractivity contribution in [2.75, 3.05) is 38.0 Å². The van der Waals surface area contributed by atoms with E-state index in [2.05, 4.69) is 106 Å². The molecular formula is C23H33N3O. The van der Waals surface area contributed by atoms with Crippen LogP contribution in [0, 0.1) is 11.8 Å². The number of anilines is 2. The van der Waals surface area contributed by atoms with Crippen molar-refractivity contribution in [3.05, 3.63) is 59.7 Å². The molecule has 0 spiro atoms. The van der Waals surface area contributed by atoms with E-state index in [1.54, 1.807) is 0 Å². The van der Waals surface area contributed by atoms with Crippen LogP contribution in [0.15, 0.2) is 48.5 Å². The molecule has 1 saturated heterocycles. The van der Waals surface area contributed by atoms with Gasteiger partial charge in [-0.3, -0.25) is 0 Å². The standard InChI is InChI=1S/C23H33N3O/c1-15-21(17-7-11-19(12-8-17)25(3)4)24-22(16(2)23(15)27)18-9-13-20(14-10-18)26(5)6/h7-16,21-24,27H,1-6H3/t15-,16-,21-,22+,23?/m0/s1. The lowest BCUT2D eigenvalue weighted by molar-refractivity contribution is -0.00676. The number of benzene rings is 2. The Labute approximate surface area is 163 Å². The van der Waals surface area contributed by atoms with Gasteiger partial charge < -0.3 is 20.2 Å². The fraction of sp³-hybridized carbons (Fsp3) is 0.478. The van der Waals surface area contributed by atoms with Crippen molar-refractivity contribution in [2.45, 2.75) is 32.0 Å². The van der Waals surface area contributed by atoms with E-state index in [1.807, 2.05) is 0 Å². The van der Waals surface area contributed by atoms with Gasteiger partial charge in [0, 0.05) is 63.5 Å². The largest absolute Gasteiger partial charge is 0.392 e. The molecule has 0 aliphatic carbocycles. The maximum Gasteiger partial charge on any atom is 0.0627 e. The average molecular weight is 368 g/mol. The van der Waals surface area contributed by atoms with Crippen molar-refractivity contribution in [2.24, 2.45) is 11.8 Å². The second kappa shape index (κ2) is 7.91. The van der Waals surface area contributed by atoms with Crippen LogP contribution in [-0.4, -0.2) is 39.4 Å². The lowest BCUT2D eigenvalue weighted by Crippen LogP contribution is -2.48. The molecule has 0 saturated carbocycles. The first kappa shape index (κ1) is 19.7. The molecular weight excluding hydrogens is 334 g/mol. The van der Waals surface area contributed by atoms with Gasteiger partial charge in [-0.2, -0.15) is 0 Å². The normalized spacial score (nSPS) is 28.0. The van der Waals surface area contributed by atoms with Gasteiger partial charge in [-0.1, -0.05) is 38.1 Å². The first-order chi connectivity index (χ1) is 12.8. The molecule has 0 amide bonds. The summed E-state index contributed by atoms with van der Waals surface area (Å²) >= 11 is 0. The molecule has 1 aliphatic rings. The Kier molecular flexibility index (Phi) is 5.78. The first-order valence-corrected chi connectivity index (χ1v) is 9.78. The highest BCUT2D eigenvalue weighted by molar-refractivity contribution is 5.48. The van der Waals surface area contributed by atoms with Gasteiger partial charge in [0.2, 0.25) is 0 Å². The average Bonchev–Trinajstić information content (AvgIpc) is 2.66.